The molecule has 1 aliphatic carbocycles. The molecule has 18 heavy (non-hydrogen) atoms. The number of amides is 1. The number of methoxy groups -OCH3 is 1. The average Bonchev–Trinajstić information content (AvgIpc) is 3.01. The Morgan fingerprint density at radius 1 is 1.50 bits per heavy atom. The topological polar surface area (TPSA) is 66.8 Å². The highest BCUT2D eigenvalue weighted by atomic mass is 16.5. The van der Waals surface area contributed by atoms with E-state index in [9.17, 15) is 9.59 Å². The van der Waals surface area contributed by atoms with Crippen molar-refractivity contribution >= 4 is 17.6 Å². The standard InChI is InChI=1S/C13H13NO4/c1-18-8-4-2-3-7(5-8)14-6-9-10(12(14)15)11(9)13(16)17/h2-5,9-11H,6H2,1H3,(H,16,17). The van der Waals surface area contributed by atoms with Gasteiger partial charge in [0.25, 0.3) is 0 Å². The first kappa shape index (κ1) is 11.1. The van der Waals surface area contributed by atoms with Crippen molar-refractivity contribution in [2.24, 2.45) is 17.8 Å². The van der Waals surface area contributed by atoms with Gasteiger partial charge in [-0.3, -0.25) is 9.59 Å². The van der Waals surface area contributed by atoms with Gasteiger partial charge in [0, 0.05) is 24.2 Å². The molecule has 1 aliphatic heterocycles. The van der Waals surface area contributed by atoms with E-state index in [-0.39, 0.29) is 17.7 Å². The number of carboxylic acids is 1. The van der Waals surface area contributed by atoms with Crippen LogP contribution in [0.2, 0.25) is 0 Å². The Morgan fingerprint density at radius 3 is 2.83 bits per heavy atom. The summed E-state index contributed by atoms with van der Waals surface area (Å²) >= 11 is 0. The number of piperidine rings is 1. The predicted octanol–water partition coefficient (Wildman–Crippen LogP) is 0.989. The fourth-order valence-corrected chi connectivity index (χ4v) is 2.77. The Hall–Kier alpha value is -2.04. The van der Waals surface area contributed by atoms with E-state index in [1.54, 1.807) is 18.1 Å². The summed E-state index contributed by atoms with van der Waals surface area (Å²) in [7, 11) is 1.57. The zero-order valence-corrected chi connectivity index (χ0v) is 9.87. The number of benzene rings is 1. The maximum atomic E-state index is 12.1. The van der Waals surface area contributed by atoms with Crippen molar-refractivity contribution in [2.75, 3.05) is 18.6 Å². The lowest BCUT2D eigenvalue weighted by atomic mass is 10.2. The minimum Gasteiger partial charge on any atom is -0.497 e. The number of carbonyl (C=O) groups is 2. The zero-order valence-electron chi connectivity index (χ0n) is 9.87. The van der Waals surface area contributed by atoms with E-state index in [1.165, 1.54) is 0 Å². The molecule has 0 radical (unpaired) electrons. The Morgan fingerprint density at radius 2 is 2.28 bits per heavy atom. The van der Waals surface area contributed by atoms with Crippen LogP contribution in [0.15, 0.2) is 24.3 Å². The highest BCUT2D eigenvalue weighted by molar-refractivity contribution is 6.04. The molecule has 1 N–H and O–H groups in total. The molecule has 94 valence electrons. The van der Waals surface area contributed by atoms with Gasteiger partial charge >= 0.3 is 5.97 Å². The Labute approximate surface area is 104 Å². The van der Waals surface area contributed by atoms with Crippen LogP contribution >= 0.6 is 0 Å². The summed E-state index contributed by atoms with van der Waals surface area (Å²) in [5.41, 5.74) is 0.774. The minimum atomic E-state index is -0.858. The van der Waals surface area contributed by atoms with Crippen molar-refractivity contribution in [1.82, 2.24) is 0 Å². The number of hydrogen-bond donors (Lipinski definition) is 1. The second-order valence-electron chi connectivity index (χ2n) is 4.70. The molecular formula is C13H13NO4. The van der Waals surface area contributed by atoms with Crippen molar-refractivity contribution in [2.45, 2.75) is 0 Å². The normalized spacial score (nSPS) is 29.1. The van der Waals surface area contributed by atoms with E-state index in [1.807, 2.05) is 18.2 Å². The van der Waals surface area contributed by atoms with Crippen LogP contribution in [-0.4, -0.2) is 30.6 Å². The molecule has 3 unspecified atom stereocenters. The third-order valence-corrected chi connectivity index (χ3v) is 3.76. The van der Waals surface area contributed by atoms with Crippen molar-refractivity contribution in [1.29, 1.82) is 0 Å². The second-order valence-corrected chi connectivity index (χ2v) is 4.70. The fourth-order valence-electron chi connectivity index (χ4n) is 2.77. The summed E-state index contributed by atoms with van der Waals surface area (Å²) in [4.78, 5) is 24.6. The third-order valence-electron chi connectivity index (χ3n) is 3.76. The van der Waals surface area contributed by atoms with Crippen LogP contribution in [0.4, 0.5) is 5.69 Å². The number of nitrogens with zero attached hydrogens (tertiary/aromatic N) is 1. The second kappa shape index (κ2) is 3.73. The maximum absolute atomic E-state index is 12.1. The van der Waals surface area contributed by atoms with E-state index >= 15 is 0 Å². The summed E-state index contributed by atoms with van der Waals surface area (Å²) in [5, 5.41) is 8.93. The average molecular weight is 247 g/mol. The van der Waals surface area contributed by atoms with E-state index < -0.39 is 11.9 Å². The Bertz CT molecular complexity index is 527. The number of aliphatic carboxylic acids is 1. The molecule has 0 bridgehead atoms. The highest BCUT2D eigenvalue weighted by Crippen LogP contribution is 2.53. The van der Waals surface area contributed by atoms with Gasteiger partial charge in [0.05, 0.1) is 18.9 Å². The van der Waals surface area contributed by atoms with Crippen molar-refractivity contribution in [3.8, 4) is 5.75 Å². The molecule has 0 spiro atoms. The monoisotopic (exact) mass is 247 g/mol. The number of carbonyl (C=O) groups excluding carboxylic acids is 1. The van der Waals surface area contributed by atoms with Crippen molar-refractivity contribution < 1.29 is 19.4 Å². The largest absolute Gasteiger partial charge is 0.497 e. The molecule has 1 saturated heterocycles. The fraction of sp³-hybridized carbons (Fsp3) is 0.385. The van der Waals surface area contributed by atoms with Gasteiger partial charge in [0.1, 0.15) is 5.75 Å². The number of carboxylic acid groups (broad SMARTS) is 1. The number of anilines is 1. The van der Waals surface area contributed by atoms with E-state index in [4.69, 9.17) is 9.84 Å². The predicted molar refractivity (Wildman–Crippen MR) is 63.5 cm³/mol. The van der Waals surface area contributed by atoms with Gasteiger partial charge in [0.2, 0.25) is 5.91 Å². The van der Waals surface area contributed by atoms with Crippen molar-refractivity contribution in [3.05, 3.63) is 24.3 Å². The first-order valence-electron chi connectivity index (χ1n) is 5.81. The molecule has 3 rings (SSSR count). The summed E-state index contributed by atoms with van der Waals surface area (Å²) in [6.07, 6.45) is 0. The van der Waals surface area contributed by atoms with E-state index in [0.717, 1.165) is 5.69 Å². The van der Waals surface area contributed by atoms with Crippen LogP contribution in [-0.2, 0) is 9.59 Å². The molecule has 1 amide bonds. The lowest BCUT2D eigenvalue weighted by molar-refractivity contribution is -0.140. The van der Waals surface area contributed by atoms with Crippen LogP contribution in [0.3, 0.4) is 0 Å². The van der Waals surface area contributed by atoms with E-state index in [2.05, 4.69) is 0 Å². The highest BCUT2D eigenvalue weighted by Gasteiger charge is 2.65. The van der Waals surface area contributed by atoms with Crippen LogP contribution < -0.4 is 9.64 Å². The molecule has 2 fully saturated rings. The van der Waals surface area contributed by atoms with Gasteiger partial charge in [-0.05, 0) is 12.1 Å². The Balaban J connectivity index is 1.81. The maximum Gasteiger partial charge on any atom is 0.307 e. The quantitative estimate of drug-likeness (QED) is 0.864. The molecule has 1 saturated carbocycles. The number of fused-ring (bicyclic) bond motifs is 1. The molecule has 1 aromatic rings. The van der Waals surface area contributed by atoms with Gasteiger partial charge in [-0.1, -0.05) is 6.07 Å². The van der Waals surface area contributed by atoms with Gasteiger partial charge in [-0.2, -0.15) is 0 Å². The molecule has 5 heteroatoms. The first-order chi connectivity index (χ1) is 8.63. The molecule has 5 nitrogen and oxygen atoms in total. The van der Waals surface area contributed by atoms with Crippen LogP contribution in [0.5, 0.6) is 5.75 Å². The van der Waals surface area contributed by atoms with Crippen molar-refractivity contribution in [3.63, 3.8) is 0 Å². The van der Waals surface area contributed by atoms with Gasteiger partial charge in [0.15, 0.2) is 0 Å². The third kappa shape index (κ3) is 1.47. The molecule has 1 heterocycles. The minimum absolute atomic E-state index is 0.0267. The van der Waals surface area contributed by atoms with Crippen LogP contribution in [0.1, 0.15) is 0 Å². The van der Waals surface area contributed by atoms with Crippen LogP contribution in [0.25, 0.3) is 0 Å². The lowest BCUT2D eigenvalue weighted by Crippen LogP contribution is -2.31. The summed E-state index contributed by atoms with van der Waals surface area (Å²) in [6, 6.07) is 7.25. The zero-order chi connectivity index (χ0) is 12.9. The summed E-state index contributed by atoms with van der Waals surface area (Å²) in [6.45, 7) is 0.494. The summed E-state index contributed by atoms with van der Waals surface area (Å²) < 4.78 is 5.11. The summed E-state index contributed by atoms with van der Waals surface area (Å²) in [5.74, 6) is -1.07. The number of ether oxygens (including phenoxy) is 1. The molecule has 0 aromatic heterocycles. The molecule has 3 atom stereocenters. The lowest BCUT2D eigenvalue weighted by Gasteiger charge is -2.19. The van der Waals surface area contributed by atoms with Gasteiger partial charge in [-0.15, -0.1) is 0 Å². The van der Waals surface area contributed by atoms with Crippen LogP contribution in [0, 0.1) is 17.8 Å². The SMILES string of the molecule is COc1cccc(N2CC3C(C(=O)O)C3C2=O)c1. The Kier molecular flexibility index (Phi) is 2.29. The number of hydrogen-bond acceptors (Lipinski definition) is 3. The molecular weight excluding hydrogens is 234 g/mol. The molecule has 1 aromatic carbocycles. The first-order valence-corrected chi connectivity index (χ1v) is 5.81. The smallest absolute Gasteiger partial charge is 0.307 e. The number of rotatable bonds is 3. The van der Waals surface area contributed by atoms with E-state index in [0.29, 0.717) is 12.3 Å². The molecule has 2 aliphatic rings. The van der Waals surface area contributed by atoms with Gasteiger partial charge < -0.3 is 14.7 Å². The van der Waals surface area contributed by atoms with Gasteiger partial charge in [-0.25, -0.2) is 0 Å².